The highest BCUT2D eigenvalue weighted by Crippen LogP contribution is 2.02. The Kier molecular flexibility index (Phi) is 1.98. The standard InChI is InChI=1S/C9H7N3O2/c13-8(6-4-2-1-3-5-6)7-9(14)11-12-10-7/h1-5H,(H2,10,11,12,14). The third kappa shape index (κ3) is 1.35. The molecule has 0 amide bonds. The summed E-state index contributed by atoms with van der Waals surface area (Å²) in [6.45, 7) is 0. The van der Waals surface area contributed by atoms with E-state index >= 15 is 0 Å². The second-order valence-electron chi connectivity index (χ2n) is 2.72. The van der Waals surface area contributed by atoms with Crippen molar-refractivity contribution in [2.24, 2.45) is 0 Å². The molecule has 0 radical (unpaired) electrons. The summed E-state index contributed by atoms with van der Waals surface area (Å²) in [5.41, 5.74) is -0.167. The topological polar surface area (TPSA) is 78.6 Å². The second kappa shape index (κ2) is 3.29. The molecule has 5 nitrogen and oxygen atoms in total. The largest absolute Gasteiger partial charge is 0.295 e. The van der Waals surface area contributed by atoms with Gasteiger partial charge in [-0.05, 0) is 0 Å². The molecule has 0 atom stereocenters. The Morgan fingerprint density at radius 2 is 1.93 bits per heavy atom. The highest BCUT2D eigenvalue weighted by Gasteiger charge is 2.14. The molecule has 2 N–H and O–H groups in total. The summed E-state index contributed by atoms with van der Waals surface area (Å²) in [6, 6.07) is 8.53. The van der Waals surface area contributed by atoms with Gasteiger partial charge in [0.05, 0.1) is 0 Å². The minimum absolute atomic E-state index is 0.115. The van der Waals surface area contributed by atoms with Crippen molar-refractivity contribution in [2.75, 3.05) is 0 Å². The Morgan fingerprint density at radius 3 is 2.50 bits per heavy atom. The van der Waals surface area contributed by atoms with Gasteiger partial charge in [0.15, 0.2) is 5.69 Å². The van der Waals surface area contributed by atoms with Crippen molar-refractivity contribution in [3.05, 3.63) is 51.9 Å². The molecule has 70 valence electrons. The van der Waals surface area contributed by atoms with Gasteiger partial charge in [0, 0.05) is 5.56 Å². The molecule has 2 aromatic rings. The third-order valence-electron chi connectivity index (χ3n) is 1.80. The molecule has 14 heavy (non-hydrogen) atoms. The second-order valence-corrected chi connectivity index (χ2v) is 2.72. The zero-order valence-corrected chi connectivity index (χ0v) is 7.15. The van der Waals surface area contributed by atoms with Gasteiger partial charge in [0.2, 0.25) is 5.78 Å². The van der Waals surface area contributed by atoms with Crippen molar-refractivity contribution in [3.8, 4) is 0 Å². The molecule has 0 fully saturated rings. The van der Waals surface area contributed by atoms with Gasteiger partial charge in [0.25, 0.3) is 5.56 Å². The molecule has 1 heterocycles. The van der Waals surface area contributed by atoms with Gasteiger partial charge in [-0.25, -0.2) is 10.3 Å². The number of benzene rings is 1. The maximum Gasteiger partial charge on any atom is 0.295 e. The number of aromatic amines is 2. The highest BCUT2D eigenvalue weighted by atomic mass is 16.2. The Bertz CT molecular complexity index is 498. The molecule has 0 aliphatic rings. The molecule has 5 heteroatoms. The number of hydrogen-bond donors (Lipinski definition) is 2. The zero-order chi connectivity index (χ0) is 9.97. The lowest BCUT2D eigenvalue weighted by Crippen LogP contribution is -2.14. The molecule has 0 unspecified atom stereocenters. The van der Waals surface area contributed by atoms with Crippen LogP contribution in [0.15, 0.2) is 35.1 Å². The van der Waals surface area contributed by atoms with Crippen molar-refractivity contribution < 1.29 is 4.79 Å². The Morgan fingerprint density at radius 1 is 1.21 bits per heavy atom. The molecule has 0 aliphatic heterocycles. The van der Waals surface area contributed by atoms with Crippen LogP contribution in [0.25, 0.3) is 0 Å². The molecule has 0 spiro atoms. The molecule has 2 rings (SSSR count). The summed E-state index contributed by atoms with van der Waals surface area (Å²) in [7, 11) is 0. The number of H-pyrrole nitrogens is 2. The van der Waals surface area contributed by atoms with Crippen LogP contribution in [0.1, 0.15) is 16.1 Å². The van der Waals surface area contributed by atoms with Crippen LogP contribution in [0, 0.1) is 0 Å². The number of carbonyl (C=O) groups excluding carboxylic acids is 1. The van der Waals surface area contributed by atoms with Crippen molar-refractivity contribution in [3.63, 3.8) is 0 Å². The van der Waals surface area contributed by atoms with Crippen LogP contribution < -0.4 is 5.56 Å². The molecule has 1 aromatic heterocycles. The molecular weight excluding hydrogens is 182 g/mol. The fraction of sp³-hybridized carbons (Fsp3) is 0. The van der Waals surface area contributed by atoms with Crippen LogP contribution in [0.4, 0.5) is 0 Å². The lowest BCUT2D eigenvalue weighted by atomic mass is 10.1. The number of ketones is 1. The summed E-state index contributed by atoms with van der Waals surface area (Å²) in [5.74, 6) is -0.381. The zero-order valence-electron chi connectivity index (χ0n) is 7.15. The van der Waals surface area contributed by atoms with Gasteiger partial charge in [0.1, 0.15) is 0 Å². The van der Waals surface area contributed by atoms with E-state index in [2.05, 4.69) is 15.4 Å². The van der Waals surface area contributed by atoms with E-state index in [4.69, 9.17) is 0 Å². The minimum Gasteiger partial charge on any atom is -0.287 e. The van der Waals surface area contributed by atoms with Crippen molar-refractivity contribution in [2.45, 2.75) is 0 Å². The minimum atomic E-state index is -0.501. The molecule has 0 saturated carbocycles. The van der Waals surface area contributed by atoms with E-state index in [0.717, 1.165) is 0 Å². The predicted molar refractivity (Wildman–Crippen MR) is 49.1 cm³/mol. The summed E-state index contributed by atoms with van der Waals surface area (Å²) < 4.78 is 0. The van der Waals surface area contributed by atoms with E-state index in [0.29, 0.717) is 5.56 Å². The average Bonchev–Trinajstić information content (AvgIpc) is 2.65. The SMILES string of the molecule is O=C(c1ccccc1)c1n[nH][nH]c1=O. The third-order valence-corrected chi connectivity index (χ3v) is 1.80. The van der Waals surface area contributed by atoms with E-state index in [1.165, 1.54) is 0 Å². The first-order valence-electron chi connectivity index (χ1n) is 4.02. The van der Waals surface area contributed by atoms with Crippen LogP contribution in [-0.4, -0.2) is 21.2 Å². The summed E-state index contributed by atoms with van der Waals surface area (Å²) >= 11 is 0. The molecular formula is C9H7N3O2. The van der Waals surface area contributed by atoms with Gasteiger partial charge in [-0.2, -0.15) is 5.10 Å². The highest BCUT2D eigenvalue weighted by molar-refractivity contribution is 6.07. The fourth-order valence-electron chi connectivity index (χ4n) is 1.12. The predicted octanol–water partition coefficient (Wildman–Crippen LogP) is 0.329. The van der Waals surface area contributed by atoms with Crippen LogP contribution >= 0.6 is 0 Å². The number of nitrogens with zero attached hydrogens (tertiary/aromatic N) is 1. The molecule has 1 aromatic carbocycles. The maximum absolute atomic E-state index is 11.6. The van der Waals surface area contributed by atoms with Crippen LogP contribution in [-0.2, 0) is 0 Å². The van der Waals surface area contributed by atoms with Crippen LogP contribution in [0.2, 0.25) is 0 Å². The van der Waals surface area contributed by atoms with Crippen LogP contribution in [0.5, 0.6) is 0 Å². The average molecular weight is 189 g/mol. The first-order valence-corrected chi connectivity index (χ1v) is 4.02. The van der Waals surface area contributed by atoms with Gasteiger partial charge in [-0.1, -0.05) is 30.3 Å². The number of aromatic nitrogens is 3. The Balaban J connectivity index is 2.44. The molecule has 0 saturated heterocycles. The van der Waals surface area contributed by atoms with E-state index in [-0.39, 0.29) is 11.5 Å². The van der Waals surface area contributed by atoms with E-state index < -0.39 is 5.56 Å². The molecule has 0 bridgehead atoms. The van der Waals surface area contributed by atoms with E-state index in [1.54, 1.807) is 30.3 Å². The summed E-state index contributed by atoms with van der Waals surface area (Å²) in [6.07, 6.45) is 0. The van der Waals surface area contributed by atoms with Crippen molar-refractivity contribution >= 4 is 5.78 Å². The lowest BCUT2D eigenvalue weighted by Gasteiger charge is -1.93. The van der Waals surface area contributed by atoms with Gasteiger partial charge in [-0.15, -0.1) is 0 Å². The number of carbonyl (C=O) groups is 1. The summed E-state index contributed by atoms with van der Waals surface area (Å²) in [5, 5.41) is 8.00. The molecule has 0 aliphatic carbocycles. The first-order chi connectivity index (χ1) is 6.79. The fourth-order valence-corrected chi connectivity index (χ4v) is 1.12. The van der Waals surface area contributed by atoms with Gasteiger partial charge >= 0.3 is 0 Å². The smallest absolute Gasteiger partial charge is 0.287 e. The number of hydrogen-bond acceptors (Lipinski definition) is 3. The summed E-state index contributed by atoms with van der Waals surface area (Å²) in [4.78, 5) is 22.7. The van der Waals surface area contributed by atoms with Crippen molar-refractivity contribution in [1.82, 2.24) is 15.4 Å². The Hall–Kier alpha value is -2.17. The van der Waals surface area contributed by atoms with E-state index in [1.807, 2.05) is 0 Å². The van der Waals surface area contributed by atoms with Gasteiger partial charge in [-0.3, -0.25) is 9.59 Å². The number of rotatable bonds is 2. The van der Waals surface area contributed by atoms with E-state index in [9.17, 15) is 9.59 Å². The lowest BCUT2D eigenvalue weighted by molar-refractivity contribution is 0.103. The monoisotopic (exact) mass is 189 g/mol. The maximum atomic E-state index is 11.6. The first kappa shape index (κ1) is 8.43. The Labute approximate surface area is 78.8 Å². The number of nitrogens with one attached hydrogen (secondary N) is 2. The quantitative estimate of drug-likeness (QED) is 0.668. The normalized spacial score (nSPS) is 10.0. The van der Waals surface area contributed by atoms with Crippen molar-refractivity contribution in [1.29, 1.82) is 0 Å². The van der Waals surface area contributed by atoms with Gasteiger partial charge < -0.3 is 0 Å². The van der Waals surface area contributed by atoms with Crippen LogP contribution in [0.3, 0.4) is 0 Å².